The first-order valence-electron chi connectivity index (χ1n) is 10.2. The Kier molecular flexibility index (Phi) is 5.24. The average molecular weight is 379 g/mol. The van der Waals surface area contributed by atoms with Crippen LogP contribution in [0.4, 0.5) is 0 Å². The fourth-order valence-electron chi connectivity index (χ4n) is 4.76. The van der Waals surface area contributed by atoms with E-state index in [4.69, 9.17) is 0 Å². The molecule has 144 valence electrons. The van der Waals surface area contributed by atoms with Crippen molar-refractivity contribution in [2.75, 3.05) is 0 Å². The molecule has 0 N–H and O–H groups in total. The fraction of sp³-hybridized carbons (Fsp3) is 0.480. The van der Waals surface area contributed by atoms with Crippen molar-refractivity contribution < 1.29 is 4.79 Å². The van der Waals surface area contributed by atoms with Crippen molar-refractivity contribution in [1.82, 2.24) is 0 Å². The highest BCUT2D eigenvalue weighted by atomic mass is 28.3. The van der Waals surface area contributed by atoms with E-state index in [0.717, 1.165) is 12.5 Å². The number of carbonyl (C=O) groups is 1. The number of carbonyl (C=O) groups excluding carboxylic acids is 1. The molecule has 27 heavy (non-hydrogen) atoms. The van der Waals surface area contributed by atoms with E-state index in [2.05, 4.69) is 102 Å². The summed E-state index contributed by atoms with van der Waals surface area (Å²) in [5, 5.41) is 3.17. The minimum Gasteiger partial charge on any atom is -0.299 e. The van der Waals surface area contributed by atoms with E-state index < -0.39 is 8.07 Å². The maximum absolute atomic E-state index is 12.9. The molecular formula is C25H34OSi. The molecule has 0 spiro atoms. The minimum absolute atomic E-state index is 0.174. The molecule has 0 saturated heterocycles. The van der Waals surface area contributed by atoms with Gasteiger partial charge in [0.05, 0.1) is 0 Å². The van der Waals surface area contributed by atoms with Gasteiger partial charge in [0.1, 0.15) is 13.9 Å². The van der Waals surface area contributed by atoms with Crippen molar-refractivity contribution >= 4 is 24.2 Å². The Hall–Kier alpha value is -1.67. The molecule has 0 amide bonds. The van der Waals surface area contributed by atoms with Gasteiger partial charge in [-0.15, -0.1) is 0 Å². The smallest absolute Gasteiger partial charge is 0.141 e. The maximum atomic E-state index is 12.9. The summed E-state index contributed by atoms with van der Waals surface area (Å²) in [6.45, 7) is 13.4. The highest BCUT2D eigenvalue weighted by molar-refractivity contribution is 7.04. The molecule has 0 aromatic heterocycles. The van der Waals surface area contributed by atoms with Crippen LogP contribution in [0.2, 0.25) is 11.1 Å². The lowest BCUT2D eigenvalue weighted by Crippen LogP contribution is -2.64. The zero-order valence-corrected chi connectivity index (χ0v) is 18.8. The van der Waals surface area contributed by atoms with Gasteiger partial charge in [-0.2, -0.15) is 0 Å². The molecule has 0 unspecified atom stereocenters. The summed E-state index contributed by atoms with van der Waals surface area (Å²) < 4.78 is 0. The van der Waals surface area contributed by atoms with Crippen LogP contribution in [0.25, 0.3) is 0 Å². The molecule has 1 saturated carbocycles. The second-order valence-electron chi connectivity index (χ2n) is 10.3. The van der Waals surface area contributed by atoms with Crippen molar-refractivity contribution in [3.63, 3.8) is 0 Å². The largest absolute Gasteiger partial charge is 0.299 e. The van der Waals surface area contributed by atoms with Gasteiger partial charge in [0.15, 0.2) is 0 Å². The molecule has 2 heteroatoms. The number of ketones is 1. The zero-order valence-electron chi connectivity index (χ0n) is 17.8. The van der Waals surface area contributed by atoms with E-state index >= 15 is 0 Å². The number of hydrogen-bond acceptors (Lipinski definition) is 1. The third kappa shape index (κ3) is 3.82. The Labute approximate surface area is 166 Å². The fourth-order valence-corrected chi connectivity index (χ4v) is 10.7. The van der Waals surface area contributed by atoms with Gasteiger partial charge in [-0.3, -0.25) is 4.79 Å². The standard InChI is InChI=1S/C25H34OSi/c1-24(2,3)23(26)22-17-19(22)18-27(25(4,5)6,20-13-9-7-10-14-20)21-15-11-8-12-16-21/h7-16,19,22H,17-18H2,1-6H3/t19-,22+/m1/s1. The third-order valence-electron chi connectivity index (χ3n) is 6.38. The summed E-state index contributed by atoms with van der Waals surface area (Å²) >= 11 is 0. The lowest BCUT2D eigenvalue weighted by Gasteiger charge is -2.44. The van der Waals surface area contributed by atoms with Crippen LogP contribution in [-0.4, -0.2) is 13.9 Å². The van der Waals surface area contributed by atoms with E-state index in [0.29, 0.717) is 11.7 Å². The zero-order chi connectivity index (χ0) is 19.9. The predicted octanol–water partition coefficient (Wildman–Crippen LogP) is 5.30. The van der Waals surface area contributed by atoms with Crippen LogP contribution in [0, 0.1) is 17.3 Å². The Morgan fingerprint density at radius 2 is 1.30 bits per heavy atom. The van der Waals surface area contributed by atoms with E-state index in [1.807, 2.05) is 0 Å². The van der Waals surface area contributed by atoms with Gasteiger partial charge in [0, 0.05) is 11.3 Å². The molecule has 2 aromatic carbocycles. The Bertz CT molecular complexity index is 741. The number of hydrogen-bond donors (Lipinski definition) is 0. The maximum Gasteiger partial charge on any atom is 0.141 e. The van der Waals surface area contributed by atoms with E-state index in [1.165, 1.54) is 10.4 Å². The summed E-state index contributed by atoms with van der Waals surface area (Å²) in [6.07, 6.45) is 1.07. The summed E-state index contributed by atoms with van der Waals surface area (Å²) in [7, 11) is -2.05. The molecule has 0 bridgehead atoms. The second-order valence-corrected chi connectivity index (χ2v) is 15.2. The van der Waals surface area contributed by atoms with Crippen LogP contribution in [0.5, 0.6) is 0 Å². The first kappa shape index (κ1) is 20.1. The summed E-state index contributed by atoms with van der Waals surface area (Å²) in [5.41, 5.74) is -0.231. The summed E-state index contributed by atoms with van der Waals surface area (Å²) in [6, 6.07) is 23.4. The molecule has 1 aliphatic carbocycles. The van der Waals surface area contributed by atoms with Crippen LogP contribution in [0.3, 0.4) is 0 Å². The summed E-state index contributed by atoms with van der Waals surface area (Å²) in [5.74, 6) is 1.24. The molecule has 2 atom stereocenters. The number of benzene rings is 2. The third-order valence-corrected chi connectivity index (χ3v) is 12.7. The van der Waals surface area contributed by atoms with Crippen LogP contribution < -0.4 is 10.4 Å². The first-order valence-corrected chi connectivity index (χ1v) is 12.4. The molecule has 1 aliphatic rings. The second kappa shape index (κ2) is 7.05. The molecule has 0 heterocycles. The first-order chi connectivity index (χ1) is 12.6. The minimum atomic E-state index is -2.05. The monoisotopic (exact) mass is 378 g/mol. The van der Waals surface area contributed by atoms with Crippen molar-refractivity contribution in [3.05, 3.63) is 60.7 Å². The van der Waals surface area contributed by atoms with Gasteiger partial charge in [0.2, 0.25) is 0 Å². The Morgan fingerprint density at radius 1 is 0.852 bits per heavy atom. The van der Waals surface area contributed by atoms with Gasteiger partial charge in [-0.25, -0.2) is 0 Å². The normalized spacial score (nSPS) is 20.4. The molecule has 2 aromatic rings. The molecule has 0 aliphatic heterocycles. The van der Waals surface area contributed by atoms with Crippen molar-refractivity contribution in [1.29, 1.82) is 0 Å². The van der Waals surface area contributed by atoms with Crippen molar-refractivity contribution in [2.45, 2.75) is 59.0 Å². The topological polar surface area (TPSA) is 17.1 Å². The lowest BCUT2D eigenvalue weighted by molar-refractivity contribution is -0.127. The SMILES string of the molecule is CC(C)(C)C(=O)[C@H]1C[C@@H]1C[Si](c1ccccc1)(c1ccccc1)C(C)(C)C. The molecule has 3 rings (SSSR count). The van der Waals surface area contributed by atoms with Crippen molar-refractivity contribution in [2.24, 2.45) is 17.3 Å². The highest BCUT2D eigenvalue weighted by Crippen LogP contribution is 2.52. The van der Waals surface area contributed by atoms with Crippen LogP contribution in [0.15, 0.2) is 60.7 Å². The van der Waals surface area contributed by atoms with Gasteiger partial charge in [-0.1, -0.05) is 113 Å². The molecule has 1 fully saturated rings. The quantitative estimate of drug-likeness (QED) is 0.645. The average Bonchev–Trinajstić information content (AvgIpc) is 3.37. The van der Waals surface area contributed by atoms with Gasteiger partial charge in [0.25, 0.3) is 0 Å². The van der Waals surface area contributed by atoms with Gasteiger partial charge in [-0.05, 0) is 23.4 Å². The van der Waals surface area contributed by atoms with Gasteiger partial charge < -0.3 is 0 Å². The van der Waals surface area contributed by atoms with Crippen LogP contribution >= 0.6 is 0 Å². The Morgan fingerprint density at radius 3 is 1.67 bits per heavy atom. The van der Waals surface area contributed by atoms with Crippen LogP contribution in [-0.2, 0) is 4.79 Å². The predicted molar refractivity (Wildman–Crippen MR) is 118 cm³/mol. The van der Waals surface area contributed by atoms with E-state index in [9.17, 15) is 4.79 Å². The summed E-state index contributed by atoms with van der Waals surface area (Å²) in [4.78, 5) is 12.9. The van der Waals surface area contributed by atoms with E-state index in [1.54, 1.807) is 0 Å². The Balaban J connectivity index is 2.05. The van der Waals surface area contributed by atoms with Crippen molar-refractivity contribution in [3.8, 4) is 0 Å². The highest BCUT2D eigenvalue weighted by Gasteiger charge is 2.55. The molecule has 1 nitrogen and oxygen atoms in total. The molecular weight excluding hydrogens is 344 g/mol. The number of rotatable bonds is 5. The van der Waals surface area contributed by atoms with Gasteiger partial charge >= 0.3 is 0 Å². The van der Waals surface area contributed by atoms with E-state index in [-0.39, 0.29) is 16.4 Å². The lowest BCUT2D eigenvalue weighted by atomic mass is 9.87. The van der Waals surface area contributed by atoms with Crippen LogP contribution in [0.1, 0.15) is 48.0 Å². The number of Topliss-reactive ketones (excluding diaryl/α,β-unsaturated/α-hetero) is 1. The molecule has 0 radical (unpaired) electrons.